The van der Waals surface area contributed by atoms with E-state index in [0.29, 0.717) is 18.8 Å². The average Bonchev–Trinajstić information content (AvgIpc) is 2.94. The van der Waals surface area contributed by atoms with Crippen molar-refractivity contribution in [2.75, 3.05) is 25.0 Å². The van der Waals surface area contributed by atoms with E-state index in [4.69, 9.17) is 0 Å². The quantitative estimate of drug-likeness (QED) is 0.820. The smallest absolute Gasteiger partial charge is 0.243 e. The van der Waals surface area contributed by atoms with E-state index in [0.717, 1.165) is 19.4 Å². The highest BCUT2D eigenvalue weighted by Gasteiger charge is 2.34. The van der Waals surface area contributed by atoms with Crippen LogP contribution in [0, 0.1) is 0 Å². The van der Waals surface area contributed by atoms with Gasteiger partial charge in [0.05, 0.1) is 11.5 Å². The van der Waals surface area contributed by atoms with Crippen molar-refractivity contribution in [1.29, 1.82) is 0 Å². The van der Waals surface area contributed by atoms with Gasteiger partial charge in [-0.15, -0.1) is 0 Å². The van der Waals surface area contributed by atoms with Crippen LogP contribution in [0.1, 0.15) is 26.2 Å². The summed E-state index contributed by atoms with van der Waals surface area (Å²) in [5, 5.41) is 12.4. The van der Waals surface area contributed by atoms with Crippen LogP contribution < -0.4 is 5.32 Å². The molecular weight excluding hydrogens is 278 g/mol. The Bertz CT molecular complexity index is 548. The van der Waals surface area contributed by atoms with Crippen LogP contribution in [-0.4, -0.2) is 48.6 Å². The number of aliphatic hydroxyl groups is 1. The van der Waals surface area contributed by atoms with Crippen molar-refractivity contribution in [3.05, 3.63) is 18.3 Å². The van der Waals surface area contributed by atoms with Crippen molar-refractivity contribution < 1.29 is 13.5 Å². The SMILES string of the molecule is CCCNc1cc(S(=O)(=O)N2CCCC2CO)ccn1. The first-order valence-corrected chi connectivity index (χ1v) is 8.36. The molecule has 1 unspecified atom stereocenters. The molecule has 0 radical (unpaired) electrons. The lowest BCUT2D eigenvalue weighted by Gasteiger charge is -2.22. The summed E-state index contributed by atoms with van der Waals surface area (Å²) in [4.78, 5) is 4.34. The molecular formula is C13H21N3O3S. The number of aliphatic hydroxyl groups excluding tert-OH is 1. The van der Waals surface area contributed by atoms with Crippen molar-refractivity contribution >= 4 is 15.8 Å². The zero-order chi connectivity index (χ0) is 14.6. The van der Waals surface area contributed by atoms with E-state index < -0.39 is 10.0 Å². The second-order valence-corrected chi connectivity index (χ2v) is 6.79. The van der Waals surface area contributed by atoms with Crippen molar-refractivity contribution in [3.63, 3.8) is 0 Å². The molecule has 1 fully saturated rings. The maximum Gasteiger partial charge on any atom is 0.243 e. The molecule has 1 aromatic rings. The fourth-order valence-corrected chi connectivity index (χ4v) is 4.06. The lowest BCUT2D eigenvalue weighted by molar-refractivity contribution is 0.213. The third-order valence-electron chi connectivity index (χ3n) is 3.43. The van der Waals surface area contributed by atoms with Crippen LogP contribution in [0.3, 0.4) is 0 Å². The molecule has 0 aliphatic carbocycles. The Labute approximate surface area is 119 Å². The Hall–Kier alpha value is -1.18. The van der Waals surface area contributed by atoms with E-state index >= 15 is 0 Å². The van der Waals surface area contributed by atoms with Crippen molar-refractivity contribution in [2.24, 2.45) is 0 Å². The van der Waals surface area contributed by atoms with E-state index in [2.05, 4.69) is 10.3 Å². The molecule has 1 aliphatic heterocycles. The Morgan fingerprint density at radius 1 is 1.55 bits per heavy atom. The number of nitrogens with zero attached hydrogens (tertiary/aromatic N) is 2. The second-order valence-electron chi connectivity index (χ2n) is 4.90. The molecule has 0 saturated carbocycles. The monoisotopic (exact) mass is 299 g/mol. The third-order valence-corrected chi connectivity index (χ3v) is 5.38. The summed E-state index contributed by atoms with van der Waals surface area (Å²) in [6, 6.07) is 2.75. The maximum atomic E-state index is 12.6. The topological polar surface area (TPSA) is 82.5 Å². The third kappa shape index (κ3) is 3.11. The van der Waals surface area contributed by atoms with E-state index in [1.165, 1.54) is 16.6 Å². The molecule has 112 valence electrons. The van der Waals surface area contributed by atoms with Crippen LogP contribution in [0.4, 0.5) is 5.82 Å². The van der Waals surface area contributed by atoms with Gasteiger partial charge in [-0.25, -0.2) is 13.4 Å². The van der Waals surface area contributed by atoms with Gasteiger partial charge >= 0.3 is 0 Å². The molecule has 0 spiro atoms. The van der Waals surface area contributed by atoms with Gasteiger partial charge in [0.1, 0.15) is 5.82 Å². The summed E-state index contributed by atoms with van der Waals surface area (Å²) in [5.41, 5.74) is 0. The van der Waals surface area contributed by atoms with Gasteiger partial charge in [-0.2, -0.15) is 4.31 Å². The summed E-state index contributed by atoms with van der Waals surface area (Å²) >= 11 is 0. The standard InChI is InChI=1S/C13H21N3O3S/c1-2-6-14-13-9-12(5-7-15-13)20(18,19)16-8-3-4-11(16)10-17/h5,7,9,11,17H,2-4,6,8,10H2,1H3,(H,14,15). The number of pyridine rings is 1. The summed E-state index contributed by atoms with van der Waals surface area (Å²) in [7, 11) is -3.55. The number of hydrogen-bond donors (Lipinski definition) is 2. The Morgan fingerprint density at radius 3 is 3.05 bits per heavy atom. The van der Waals surface area contributed by atoms with Crippen molar-refractivity contribution in [3.8, 4) is 0 Å². The predicted octanol–water partition coefficient (Wildman–Crippen LogP) is 1.05. The molecule has 6 nitrogen and oxygen atoms in total. The molecule has 2 heterocycles. The lowest BCUT2D eigenvalue weighted by atomic mass is 10.2. The number of nitrogens with one attached hydrogen (secondary N) is 1. The highest BCUT2D eigenvalue weighted by molar-refractivity contribution is 7.89. The molecule has 0 aromatic carbocycles. The Balaban J connectivity index is 2.25. The number of anilines is 1. The second kappa shape index (κ2) is 6.51. The molecule has 1 aliphatic rings. The van der Waals surface area contributed by atoms with Gasteiger partial charge < -0.3 is 10.4 Å². The van der Waals surface area contributed by atoms with Crippen LogP contribution in [0.25, 0.3) is 0 Å². The predicted molar refractivity (Wildman–Crippen MR) is 77.0 cm³/mol. The van der Waals surface area contributed by atoms with Crippen LogP contribution in [0.15, 0.2) is 23.2 Å². The van der Waals surface area contributed by atoms with Crippen LogP contribution in [0.2, 0.25) is 0 Å². The first-order valence-electron chi connectivity index (χ1n) is 6.92. The van der Waals surface area contributed by atoms with Gasteiger partial charge in [-0.1, -0.05) is 6.92 Å². The Kier molecular flexibility index (Phi) is 4.95. The van der Waals surface area contributed by atoms with E-state index in [-0.39, 0.29) is 17.5 Å². The van der Waals surface area contributed by atoms with Gasteiger partial charge in [0.15, 0.2) is 0 Å². The number of sulfonamides is 1. The summed E-state index contributed by atoms with van der Waals surface area (Å²) in [6.45, 7) is 3.11. The van der Waals surface area contributed by atoms with E-state index in [1.54, 1.807) is 6.07 Å². The molecule has 0 bridgehead atoms. The highest BCUT2D eigenvalue weighted by Crippen LogP contribution is 2.26. The molecule has 1 aromatic heterocycles. The fourth-order valence-electron chi connectivity index (χ4n) is 2.36. The average molecular weight is 299 g/mol. The van der Waals surface area contributed by atoms with Crippen molar-refractivity contribution in [1.82, 2.24) is 9.29 Å². The summed E-state index contributed by atoms with van der Waals surface area (Å²) < 4.78 is 26.6. The highest BCUT2D eigenvalue weighted by atomic mass is 32.2. The van der Waals surface area contributed by atoms with Crippen molar-refractivity contribution in [2.45, 2.75) is 37.1 Å². The molecule has 20 heavy (non-hydrogen) atoms. The minimum Gasteiger partial charge on any atom is -0.395 e. The molecule has 2 N–H and O–H groups in total. The minimum atomic E-state index is -3.55. The molecule has 1 saturated heterocycles. The van der Waals surface area contributed by atoms with E-state index in [9.17, 15) is 13.5 Å². The largest absolute Gasteiger partial charge is 0.395 e. The van der Waals surface area contributed by atoms with Gasteiger partial charge in [0.2, 0.25) is 10.0 Å². The van der Waals surface area contributed by atoms with E-state index in [1.807, 2.05) is 6.92 Å². The first kappa shape index (κ1) is 15.2. The van der Waals surface area contributed by atoms with Crippen LogP contribution in [0.5, 0.6) is 0 Å². The molecule has 0 amide bonds. The summed E-state index contributed by atoms with van der Waals surface area (Å²) in [5.74, 6) is 0.563. The van der Waals surface area contributed by atoms with Gasteiger partial charge in [-0.05, 0) is 25.3 Å². The zero-order valence-electron chi connectivity index (χ0n) is 11.6. The number of hydrogen-bond acceptors (Lipinski definition) is 5. The number of rotatable bonds is 6. The normalized spacial score (nSPS) is 20.2. The minimum absolute atomic E-state index is 0.134. The zero-order valence-corrected chi connectivity index (χ0v) is 12.4. The van der Waals surface area contributed by atoms with Gasteiger partial charge in [0.25, 0.3) is 0 Å². The van der Waals surface area contributed by atoms with Crippen LogP contribution in [-0.2, 0) is 10.0 Å². The number of aromatic nitrogens is 1. The molecule has 2 rings (SSSR count). The lowest BCUT2D eigenvalue weighted by Crippen LogP contribution is -2.37. The fraction of sp³-hybridized carbons (Fsp3) is 0.615. The van der Waals surface area contributed by atoms with Gasteiger partial charge in [-0.3, -0.25) is 0 Å². The Morgan fingerprint density at radius 2 is 2.35 bits per heavy atom. The molecule has 7 heteroatoms. The summed E-state index contributed by atoms with van der Waals surface area (Å²) in [6.07, 6.45) is 3.94. The maximum absolute atomic E-state index is 12.6. The molecule has 1 atom stereocenters. The van der Waals surface area contributed by atoms with Crippen LogP contribution >= 0.6 is 0 Å². The van der Waals surface area contributed by atoms with Gasteiger partial charge in [0, 0.05) is 31.4 Å². The first-order chi connectivity index (χ1) is 9.59.